The predicted molar refractivity (Wildman–Crippen MR) is 131 cm³/mol. The van der Waals surface area contributed by atoms with Crippen molar-refractivity contribution < 1.29 is 9.50 Å². The molecule has 0 aliphatic rings. The fourth-order valence-electron chi connectivity index (χ4n) is 3.67. The van der Waals surface area contributed by atoms with Gasteiger partial charge in [0.1, 0.15) is 5.82 Å². The molecule has 0 aliphatic heterocycles. The van der Waals surface area contributed by atoms with Gasteiger partial charge in [-0.15, -0.1) is 12.4 Å². The number of fused-ring (bicyclic) bond motifs is 1. The summed E-state index contributed by atoms with van der Waals surface area (Å²) in [5.41, 5.74) is 3.06. The van der Waals surface area contributed by atoms with Gasteiger partial charge in [-0.1, -0.05) is 44.4 Å². The average molecular weight is 465 g/mol. The van der Waals surface area contributed by atoms with Crippen LogP contribution in [0.4, 0.5) is 4.39 Å². The van der Waals surface area contributed by atoms with Crippen LogP contribution >= 0.6 is 24.0 Å². The second-order valence-electron chi connectivity index (χ2n) is 7.79. The normalized spacial score (nSPS) is 12.2. The van der Waals surface area contributed by atoms with E-state index in [4.69, 9.17) is 16.6 Å². The van der Waals surface area contributed by atoms with Crippen molar-refractivity contribution in [1.82, 2.24) is 9.88 Å². The largest absolute Gasteiger partial charge is 0.387 e. The van der Waals surface area contributed by atoms with Gasteiger partial charge in [0.05, 0.1) is 17.3 Å². The van der Waals surface area contributed by atoms with Crippen LogP contribution in [0.1, 0.15) is 51.2 Å². The van der Waals surface area contributed by atoms with Crippen LogP contribution in [-0.4, -0.2) is 34.6 Å². The van der Waals surface area contributed by atoms with Gasteiger partial charge < -0.3 is 10.0 Å². The number of pyridine rings is 1. The van der Waals surface area contributed by atoms with Crippen molar-refractivity contribution in [3.63, 3.8) is 0 Å². The van der Waals surface area contributed by atoms with E-state index in [1.807, 2.05) is 24.3 Å². The number of unbranched alkanes of at least 4 members (excludes halogenated alkanes) is 2. The van der Waals surface area contributed by atoms with E-state index in [9.17, 15) is 9.50 Å². The molecule has 1 aromatic heterocycles. The van der Waals surface area contributed by atoms with Crippen molar-refractivity contribution >= 4 is 34.9 Å². The fraction of sp³-hybridized carbons (Fsp3) is 0.400. The average Bonchev–Trinajstić information content (AvgIpc) is 2.75. The lowest BCUT2D eigenvalue weighted by Crippen LogP contribution is -2.31. The molecule has 3 nitrogen and oxygen atoms in total. The third-order valence-electron chi connectivity index (χ3n) is 5.39. The van der Waals surface area contributed by atoms with Crippen LogP contribution in [0, 0.1) is 5.82 Å². The number of nitrogens with zero attached hydrogens (tertiary/aromatic N) is 2. The topological polar surface area (TPSA) is 36.4 Å². The number of hydrogen-bond donors (Lipinski definition) is 1. The first-order valence-corrected chi connectivity index (χ1v) is 11.2. The van der Waals surface area contributed by atoms with Crippen LogP contribution < -0.4 is 0 Å². The highest BCUT2D eigenvalue weighted by atomic mass is 35.5. The molecule has 1 heterocycles. The summed E-state index contributed by atoms with van der Waals surface area (Å²) in [5, 5.41) is 12.7. The Bertz CT molecular complexity index is 958. The van der Waals surface area contributed by atoms with E-state index in [0.29, 0.717) is 17.3 Å². The summed E-state index contributed by atoms with van der Waals surface area (Å²) in [6.07, 6.45) is 3.84. The van der Waals surface area contributed by atoms with Gasteiger partial charge >= 0.3 is 0 Å². The maximum Gasteiger partial charge on any atom is 0.123 e. The number of aromatic nitrogens is 1. The highest BCUT2D eigenvalue weighted by Gasteiger charge is 2.18. The molecule has 0 aliphatic carbocycles. The van der Waals surface area contributed by atoms with Crippen molar-refractivity contribution in [2.45, 2.75) is 45.6 Å². The summed E-state index contributed by atoms with van der Waals surface area (Å²) >= 11 is 6.21. The van der Waals surface area contributed by atoms with E-state index in [0.717, 1.165) is 60.8 Å². The zero-order valence-corrected chi connectivity index (χ0v) is 19.7. The molecule has 6 heteroatoms. The third-order valence-corrected chi connectivity index (χ3v) is 5.62. The molecular weight excluding hydrogens is 434 g/mol. The second kappa shape index (κ2) is 12.4. The lowest BCUT2D eigenvalue weighted by molar-refractivity contribution is 0.112. The lowest BCUT2D eigenvalue weighted by Gasteiger charge is -2.26. The minimum Gasteiger partial charge on any atom is -0.387 e. The first-order valence-electron chi connectivity index (χ1n) is 10.8. The molecular formula is C25H31Cl2FN2O. The molecule has 0 fully saturated rings. The highest BCUT2D eigenvalue weighted by molar-refractivity contribution is 6.31. The Balaban J connectivity index is 0.00000341. The van der Waals surface area contributed by atoms with Gasteiger partial charge in [0.2, 0.25) is 0 Å². The van der Waals surface area contributed by atoms with Crippen LogP contribution in [0.5, 0.6) is 0 Å². The molecule has 1 unspecified atom stereocenters. The Labute approximate surface area is 195 Å². The Morgan fingerprint density at radius 3 is 2.26 bits per heavy atom. The van der Waals surface area contributed by atoms with Gasteiger partial charge in [0.15, 0.2) is 0 Å². The summed E-state index contributed by atoms with van der Waals surface area (Å²) in [5.74, 6) is -0.287. The number of rotatable bonds is 10. The van der Waals surface area contributed by atoms with Crippen LogP contribution in [0.2, 0.25) is 5.02 Å². The van der Waals surface area contributed by atoms with Gasteiger partial charge in [-0.3, -0.25) is 0 Å². The first-order chi connectivity index (χ1) is 14.5. The smallest absolute Gasteiger partial charge is 0.123 e. The summed E-state index contributed by atoms with van der Waals surface area (Å²) in [6.45, 7) is 6.90. The molecule has 3 aromatic rings. The third kappa shape index (κ3) is 6.88. The van der Waals surface area contributed by atoms with Crippen molar-refractivity contribution in [3.05, 3.63) is 64.9 Å². The van der Waals surface area contributed by atoms with Crippen LogP contribution in [0.25, 0.3) is 22.2 Å². The summed E-state index contributed by atoms with van der Waals surface area (Å²) < 4.78 is 13.4. The Hall–Kier alpha value is -1.72. The molecule has 1 N–H and O–H groups in total. The standard InChI is InChI=1S/C25H30ClFN2O.ClH/c1-3-5-13-29(14-6-4-2)17-25(30)22-16-23(18-7-10-20(27)11-8-18)28-24-15-19(26)9-12-21(22)24;/h7-12,15-16,25,30H,3-6,13-14,17H2,1-2H3;1H. The molecule has 2 aromatic carbocycles. The van der Waals surface area contributed by atoms with Gasteiger partial charge in [-0.05, 0) is 74.0 Å². The minimum atomic E-state index is -0.649. The zero-order valence-electron chi connectivity index (χ0n) is 18.2. The van der Waals surface area contributed by atoms with E-state index in [-0.39, 0.29) is 18.2 Å². The van der Waals surface area contributed by atoms with Crippen LogP contribution in [0.3, 0.4) is 0 Å². The lowest BCUT2D eigenvalue weighted by atomic mass is 9.99. The Morgan fingerprint density at radius 2 is 1.65 bits per heavy atom. The summed E-state index contributed by atoms with van der Waals surface area (Å²) in [6, 6.07) is 13.7. The molecule has 31 heavy (non-hydrogen) atoms. The molecule has 0 saturated carbocycles. The quantitative estimate of drug-likeness (QED) is 0.349. The van der Waals surface area contributed by atoms with Gasteiger partial charge in [-0.2, -0.15) is 0 Å². The predicted octanol–water partition coefficient (Wildman–Crippen LogP) is 7.05. The number of aliphatic hydroxyl groups is 1. The van der Waals surface area contributed by atoms with Crippen molar-refractivity contribution in [2.75, 3.05) is 19.6 Å². The molecule has 1 atom stereocenters. The number of halogens is 3. The van der Waals surface area contributed by atoms with E-state index in [1.54, 1.807) is 12.1 Å². The van der Waals surface area contributed by atoms with Crippen molar-refractivity contribution in [3.8, 4) is 11.3 Å². The second-order valence-corrected chi connectivity index (χ2v) is 8.23. The van der Waals surface area contributed by atoms with E-state index in [1.165, 1.54) is 12.1 Å². The van der Waals surface area contributed by atoms with Gasteiger partial charge in [0, 0.05) is 22.5 Å². The SMILES string of the molecule is CCCCN(CCCC)CC(O)c1cc(-c2ccc(F)cc2)nc2cc(Cl)ccc12.Cl. The number of hydrogen-bond acceptors (Lipinski definition) is 3. The molecule has 0 radical (unpaired) electrons. The van der Waals surface area contributed by atoms with Crippen molar-refractivity contribution in [1.29, 1.82) is 0 Å². The molecule has 0 saturated heterocycles. The molecule has 3 rings (SSSR count). The molecule has 0 bridgehead atoms. The molecule has 0 spiro atoms. The van der Waals surface area contributed by atoms with E-state index in [2.05, 4.69) is 18.7 Å². The Kier molecular flexibility index (Phi) is 10.2. The maximum absolute atomic E-state index is 13.4. The minimum absolute atomic E-state index is 0. The highest BCUT2D eigenvalue weighted by Crippen LogP contribution is 2.31. The number of aliphatic hydroxyl groups excluding tert-OH is 1. The molecule has 0 amide bonds. The van der Waals surface area contributed by atoms with Crippen LogP contribution in [-0.2, 0) is 0 Å². The molecule has 168 valence electrons. The summed E-state index contributed by atoms with van der Waals surface area (Å²) in [4.78, 5) is 7.07. The Morgan fingerprint density at radius 1 is 1.00 bits per heavy atom. The monoisotopic (exact) mass is 464 g/mol. The van der Waals surface area contributed by atoms with Crippen molar-refractivity contribution in [2.24, 2.45) is 0 Å². The van der Waals surface area contributed by atoms with E-state index < -0.39 is 6.10 Å². The van der Waals surface area contributed by atoms with Gasteiger partial charge in [-0.25, -0.2) is 9.37 Å². The zero-order chi connectivity index (χ0) is 21.5. The fourth-order valence-corrected chi connectivity index (χ4v) is 3.84. The maximum atomic E-state index is 13.4. The van der Waals surface area contributed by atoms with Crippen LogP contribution in [0.15, 0.2) is 48.5 Å². The van der Waals surface area contributed by atoms with E-state index >= 15 is 0 Å². The van der Waals surface area contributed by atoms with Gasteiger partial charge in [0.25, 0.3) is 0 Å². The summed E-state index contributed by atoms with van der Waals surface area (Å²) in [7, 11) is 0. The number of benzene rings is 2. The first kappa shape index (κ1) is 25.5.